The summed E-state index contributed by atoms with van der Waals surface area (Å²) in [5.41, 5.74) is 4.24. The Kier molecular flexibility index (Phi) is 2.84. The normalized spacial score (nSPS) is 10.6. The Bertz CT molecular complexity index is 582. The van der Waals surface area contributed by atoms with Crippen LogP contribution in [0.1, 0.15) is 32.9 Å². The number of carbonyl (C=O) groups is 1. The van der Waals surface area contributed by atoms with E-state index in [1.54, 1.807) is 4.68 Å². The Labute approximate surface area is 101 Å². The molecule has 0 N–H and O–H groups in total. The van der Waals surface area contributed by atoms with E-state index in [0.717, 1.165) is 28.1 Å². The zero-order valence-electron chi connectivity index (χ0n) is 10.6. The molecule has 0 saturated carbocycles. The summed E-state index contributed by atoms with van der Waals surface area (Å²) in [5, 5.41) is 4.28. The summed E-state index contributed by atoms with van der Waals surface area (Å²) >= 11 is 0. The lowest BCUT2D eigenvalue weighted by Gasteiger charge is -2.02. The molecule has 1 aromatic carbocycles. The zero-order chi connectivity index (χ0) is 12.6. The first-order chi connectivity index (χ1) is 8.00. The Hall–Kier alpha value is -1.90. The topological polar surface area (TPSA) is 34.9 Å². The summed E-state index contributed by atoms with van der Waals surface area (Å²) in [6, 6.07) is 7.65. The molecule has 0 atom stereocenters. The minimum Gasteiger partial charge on any atom is -0.288 e. The quantitative estimate of drug-likeness (QED) is 0.740. The lowest BCUT2D eigenvalue weighted by Crippen LogP contribution is -2.05. The molecule has 0 radical (unpaired) electrons. The van der Waals surface area contributed by atoms with Crippen LogP contribution in [0.2, 0.25) is 0 Å². The van der Waals surface area contributed by atoms with E-state index in [0.29, 0.717) is 0 Å². The van der Waals surface area contributed by atoms with Crippen LogP contribution in [-0.2, 0) is 7.05 Å². The van der Waals surface area contributed by atoms with Gasteiger partial charge in [0.25, 0.3) is 0 Å². The maximum absolute atomic E-state index is 12.4. The van der Waals surface area contributed by atoms with Crippen molar-refractivity contribution >= 4 is 5.78 Å². The summed E-state index contributed by atoms with van der Waals surface area (Å²) in [7, 11) is 1.86. The molecule has 17 heavy (non-hydrogen) atoms. The monoisotopic (exact) mass is 228 g/mol. The van der Waals surface area contributed by atoms with Crippen molar-refractivity contribution in [1.82, 2.24) is 9.78 Å². The average Bonchev–Trinajstić information content (AvgIpc) is 2.52. The highest BCUT2D eigenvalue weighted by Gasteiger charge is 2.18. The van der Waals surface area contributed by atoms with E-state index in [1.807, 2.05) is 52.1 Å². The maximum atomic E-state index is 12.4. The molecular formula is C14H16N2O. The average molecular weight is 228 g/mol. The van der Waals surface area contributed by atoms with Crippen LogP contribution in [0.15, 0.2) is 24.3 Å². The number of aromatic nitrogens is 2. The van der Waals surface area contributed by atoms with E-state index in [2.05, 4.69) is 5.10 Å². The van der Waals surface area contributed by atoms with Crippen molar-refractivity contribution in [3.63, 3.8) is 0 Å². The summed E-state index contributed by atoms with van der Waals surface area (Å²) in [4.78, 5) is 12.4. The van der Waals surface area contributed by atoms with Crippen LogP contribution in [0.5, 0.6) is 0 Å². The second-order valence-electron chi connectivity index (χ2n) is 4.37. The third-order valence-corrected chi connectivity index (χ3v) is 3.02. The largest absolute Gasteiger partial charge is 0.288 e. The second kappa shape index (κ2) is 4.17. The number of benzene rings is 1. The number of carbonyl (C=O) groups excluding carboxylic acids is 1. The van der Waals surface area contributed by atoms with E-state index in [-0.39, 0.29) is 5.78 Å². The van der Waals surface area contributed by atoms with Gasteiger partial charge in [-0.3, -0.25) is 9.48 Å². The highest BCUT2D eigenvalue weighted by atomic mass is 16.1. The van der Waals surface area contributed by atoms with Crippen molar-refractivity contribution in [2.24, 2.45) is 7.05 Å². The summed E-state index contributed by atoms with van der Waals surface area (Å²) < 4.78 is 1.75. The smallest absolute Gasteiger partial charge is 0.196 e. The number of rotatable bonds is 2. The summed E-state index contributed by atoms with van der Waals surface area (Å²) in [5.74, 6) is 0.0526. The minimum absolute atomic E-state index is 0.0526. The Morgan fingerprint density at radius 2 is 1.94 bits per heavy atom. The van der Waals surface area contributed by atoms with Crippen molar-refractivity contribution in [1.29, 1.82) is 0 Å². The molecule has 3 heteroatoms. The van der Waals surface area contributed by atoms with Crippen molar-refractivity contribution in [2.75, 3.05) is 0 Å². The fourth-order valence-corrected chi connectivity index (χ4v) is 2.03. The number of hydrogen-bond donors (Lipinski definition) is 0. The van der Waals surface area contributed by atoms with E-state index in [4.69, 9.17) is 0 Å². The molecule has 88 valence electrons. The van der Waals surface area contributed by atoms with Crippen LogP contribution in [-0.4, -0.2) is 15.6 Å². The predicted octanol–water partition coefficient (Wildman–Crippen LogP) is 2.58. The highest BCUT2D eigenvalue weighted by molar-refractivity contribution is 6.10. The molecule has 0 aliphatic rings. The Balaban J connectivity index is 2.51. The van der Waals surface area contributed by atoms with Gasteiger partial charge in [-0.25, -0.2) is 0 Å². The molecule has 0 bridgehead atoms. The molecule has 3 nitrogen and oxygen atoms in total. The van der Waals surface area contributed by atoms with Gasteiger partial charge in [-0.2, -0.15) is 5.10 Å². The van der Waals surface area contributed by atoms with Gasteiger partial charge < -0.3 is 0 Å². The van der Waals surface area contributed by atoms with Crippen LogP contribution < -0.4 is 0 Å². The molecular weight excluding hydrogens is 212 g/mol. The van der Waals surface area contributed by atoms with Gasteiger partial charge in [0.15, 0.2) is 5.78 Å². The molecule has 0 unspecified atom stereocenters. The molecule has 2 rings (SSSR count). The van der Waals surface area contributed by atoms with Gasteiger partial charge in [-0.1, -0.05) is 23.8 Å². The van der Waals surface area contributed by atoms with Gasteiger partial charge in [0, 0.05) is 18.3 Å². The van der Waals surface area contributed by atoms with Gasteiger partial charge in [-0.15, -0.1) is 0 Å². The minimum atomic E-state index is 0.0526. The van der Waals surface area contributed by atoms with Gasteiger partial charge in [-0.05, 0) is 26.8 Å². The molecule has 1 aromatic heterocycles. The number of ketones is 1. The number of nitrogens with zero attached hydrogens (tertiary/aromatic N) is 2. The molecule has 0 aliphatic heterocycles. The molecule has 1 heterocycles. The van der Waals surface area contributed by atoms with Gasteiger partial charge in [0.2, 0.25) is 0 Å². The van der Waals surface area contributed by atoms with E-state index < -0.39 is 0 Å². The zero-order valence-corrected chi connectivity index (χ0v) is 10.6. The summed E-state index contributed by atoms with van der Waals surface area (Å²) in [6.45, 7) is 5.78. The SMILES string of the molecule is Cc1cccc(C(=O)c2c(C)nn(C)c2C)c1. The third-order valence-electron chi connectivity index (χ3n) is 3.02. The van der Waals surface area contributed by atoms with E-state index >= 15 is 0 Å². The Morgan fingerprint density at radius 1 is 1.24 bits per heavy atom. The van der Waals surface area contributed by atoms with Crippen LogP contribution in [0, 0.1) is 20.8 Å². The van der Waals surface area contributed by atoms with Crippen LogP contribution in [0.4, 0.5) is 0 Å². The summed E-state index contributed by atoms with van der Waals surface area (Å²) in [6.07, 6.45) is 0. The highest BCUT2D eigenvalue weighted by Crippen LogP contribution is 2.17. The van der Waals surface area contributed by atoms with Crippen LogP contribution >= 0.6 is 0 Å². The fraction of sp³-hybridized carbons (Fsp3) is 0.286. The van der Waals surface area contributed by atoms with Crippen molar-refractivity contribution in [2.45, 2.75) is 20.8 Å². The first-order valence-electron chi connectivity index (χ1n) is 5.62. The van der Waals surface area contributed by atoms with Crippen molar-refractivity contribution in [3.05, 3.63) is 52.3 Å². The number of hydrogen-bond acceptors (Lipinski definition) is 2. The van der Waals surface area contributed by atoms with Crippen molar-refractivity contribution in [3.8, 4) is 0 Å². The molecule has 0 fully saturated rings. The van der Waals surface area contributed by atoms with Crippen LogP contribution in [0.3, 0.4) is 0 Å². The maximum Gasteiger partial charge on any atom is 0.196 e. The van der Waals surface area contributed by atoms with Gasteiger partial charge in [0.05, 0.1) is 11.3 Å². The molecule has 0 amide bonds. The molecule has 0 aliphatic carbocycles. The third kappa shape index (κ3) is 2.00. The van der Waals surface area contributed by atoms with Gasteiger partial charge >= 0.3 is 0 Å². The first-order valence-corrected chi connectivity index (χ1v) is 5.62. The number of aryl methyl sites for hydroxylation is 3. The van der Waals surface area contributed by atoms with E-state index in [1.165, 1.54) is 0 Å². The first kappa shape index (κ1) is 11.6. The molecule has 0 saturated heterocycles. The lowest BCUT2D eigenvalue weighted by molar-refractivity contribution is 0.103. The lowest BCUT2D eigenvalue weighted by atomic mass is 10.0. The van der Waals surface area contributed by atoms with Gasteiger partial charge in [0.1, 0.15) is 0 Å². The standard InChI is InChI=1S/C14H16N2O/c1-9-6-5-7-12(8-9)14(17)13-10(2)15-16(4)11(13)3/h5-8H,1-4H3. The second-order valence-corrected chi connectivity index (χ2v) is 4.37. The predicted molar refractivity (Wildman–Crippen MR) is 67.3 cm³/mol. The van der Waals surface area contributed by atoms with Crippen LogP contribution in [0.25, 0.3) is 0 Å². The molecule has 0 spiro atoms. The van der Waals surface area contributed by atoms with E-state index in [9.17, 15) is 4.79 Å². The fourth-order valence-electron chi connectivity index (χ4n) is 2.03. The Morgan fingerprint density at radius 3 is 2.47 bits per heavy atom. The van der Waals surface area contributed by atoms with Crippen molar-refractivity contribution < 1.29 is 4.79 Å². The molecule has 2 aromatic rings.